The van der Waals surface area contributed by atoms with Crippen LogP contribution in [0, 0.1) is 0 Å². The minimum atomic E-state index is -0.547. The van der Waals surface area contributed by atoms with E-state index in [1.807, 2.05) is 77.9 Å². The first-order chi connectivity index (χ1) is 24.7. The van der Waals surface area contributed by atoms with Crippen molar-refractivity contribution in [3.8, 4) is 11.5 Å². The number of aromatic hydroxyl groups is 1. The number of carbonyl (C=O) groups is 3. The van der Waals surface area contributed by atoms with E-state index in [1.54, 1.807) is 50.1 Å². The van der Waals surface area contributed by atoms with Gasteiger partial charge in [-0.2, -0.15) is 0 Å². The van der Waals surface area contributed by atoms with E-state index in [1.165, 1.54) is 0 Å². The Kier molecular flexibility index (Phi) is 15.0. The van der Waals surface area contributed by atoms with E-state index < -0.39 is 29.0 Å². The Balaban J connectivity index is 0.000000395. The van der Waals surface area contributed by atoms with E-state index >= 15 is 0 Å². The monoisotopic (exact) mass is 755 g/mol. The summed E-state index contributed by atoms with van der Waals surface area (Å²) >= 11 is 6.56. The summed E-state index contributed by atoms with van der Waals surface area (Å²) in [7, 11) is 0. The molecule has 0 radical (unpaired) electrons. The minimum Gasteiger partial charge on any atom is -0.508 e. The number of nitrogens with one attached hydrogen (secondary N) is 2. The largest absolute Gasteiger partial charge is 0.508 e. The molecule has 2 heterocycles. The smallest absolute Gasteiger partial charge is 0.410 e. The van der Waals surface area contributed by atoms with Crippen molar-refractivity contribution < 1.29 is 38.4 Å². The van der Waals surface area contributed by atoms with Crippen molar-refractivity contribution in [1.82, 2.24) is 20.5 Å². The molecule has 0 unspecified atom stereocenters. The molecule has 53 heavy (non-hydrogen) atoms. The number of halogens is 1. The highest BCUT2D eigenvalue weighted by molar-refractivity contribution is 6.33. The van der Waals surface area contributed by atoms with Gasteiger partial charge in [0.15, 0.2) is 0 Å². The highest BCUT2D eigenvalue weighted by Gasteiger charge is 2.27. The van der Waals surface area contributed by atoms with Crippen LogP contribution in [0.1, 0.15) is 79.0 Å². The Bertz CT molecular complexity index is 1680. The maximum Gasteiger partial charge on any atom is 0.410 e. The van der Waals surface area contributed by atoms with Crippen LogP contribution in [0.15, 0.2) is 60.8 Å². The number of amides is 3. The number of nitrogens with zero attached hydrogens (tertiary/aromatic N) is 3. The molecule has 4 rings (SSSR count). The molecule has 1 saturated heterocycles. The van der Waals surface area contributed by atoms with Crippen molar-refractivity contribution in [3.63, 3.8) is 0 Å². The van der Waals surface area contributed by atoms with Gasteiger partial charge in [-0.05, 0) is 104 Å². The molecule has 3 aromatic rings. The van der Waals surface area contributed by atoms with E-state index in [-0.39, 0.29) is 11.8 Å². The van der Waals surface area contributed by atoms with Gasteiger partial charge in [0.2, 0.25) is 0 Å². The third-order valence-electron chi connectivity index (χ3n) is 7.00. The Hall–Kier alpha value is -4.91. The van der Waals surface area contributed by atoms with Crippen LogP contribution in [-0.2, 0) is 33.9 Å². The molecule has 0 aliphatic carbocycles. The number of anilines is 1. The van der Waals surface area contributed by atoms with E-state index in [4.69, 9.17) is 30.5 Å². The first-order valence-corrected chi connectivity index (χ1v) is 17.8. The summed E-state index contributed by atoms with van der Waals surface area (Å²) in [5.74, 6) is 1.54. The molecule has 290 valence electrons. The highest BCUT2D eigenvalue weighted by atomic mass is 35.5. The van der Waals surface area contributed by atoms with Gasteiger partial charge < -0.3 is 44.5 Å². The normalized spacial score (nSPS) is 13.2. The average Bonchev–Trinajstić information content (AvgIpc) is 3.04. The number of pyridine rings is 1. The molecule has 3 amide bonds. The third kappa shape index (κ3) is 16.5. The number of hydrogen-bond donors (Lipinski definition) is 3. The molecule has 14 heteroatoms. The van der Waals surface area contributed by atoms with E-state index in [0.29, 0.717) is 62.5 Å². The molecule has 13 nitrogen and oxygen atoms in total. The van der Waals surface area contributed by atoms with Gasteiger partial charge in [-0.15, -0.1) is 0 Å². The Morgan fingerprint density at radius 3 is 1.77 bits per heavy atom. The quantitative estimate of drug-likeness (QED) is 0.194. The van der Waals surface area contributed by atoms with Gasteiger partial charge in [-0.3, -0.25) is 0 Å². The number of benzene rings is 2. The second-order valence-corrected chi connectivity index (χ2v) is 15.8. The summed E-state index contributed by atoms with van der Waals surface area (Å²) in [5.41, 5.74) is 0.983. The van der Waals surface area contributed by atoms with Gasteiger partial charge in [0, 0.05) is 51.0 Å². The van der Waals surface area contributed by atoms with Crippen LogP contribution in [0.2, 0.25) is 5.02 Å². The van der Waals surface area contributed by atoms with E-state index in [0.717, 1.165) is 16.7 Å². The molecule has 1 aliphatic rings. The van der Waals surface area contributed by atoms with Crippen LogP contribution in [-0.4, -0.2) is 76.3 Å². The van der Waals surface area contributed by atoms with Gasteiger partial charge in [0.05, 0.1) is 5.02 Å². The van der Waals surface area contributed by atoms with Crippen LogP contribution < -0.4 is 20.3 Å². The van der Waals surface area contributed by atoms with Crippen LogP contribution in [0.5, 0.6) is 11.5 Å². The molecule has 0 spiro atoms. The summed E-state index contributed by atoms with van der Waals surface area (Å²) in [5, 5.41) is 15.1. The molecule has 0 bridgehead atoms. The standard InChI is InChI=1S/C27H37ClN4O5.C12H17NO3/c1-26(2,3)36-24(33)30-16-19-8-7-9-21(14-19)35-18-20-15-22(28)23(29-17-20)31-10-12-32(13-11-31)25(34)37-27(4,5)6;1-12(2,3)16-11(15)13-8-9-5-4-6-10(14)7-9/h7-9,14-15,17H,10-13,16,18H2,1-6H3,(H,30,33);4-7,14H,8H2,1-3H3,(H,13,15). The lowest BCUT2D eigenvalue weighted by Crippen LogP contribution is -2.50. The number of piperazine rings is 1. The van der Waals surface area contributed by atoms with E-state index in [9.17, 15) is 19.5 Å². The SMILES string of the molecule is CC(C)(C)OC(=O)NCc1cccc(O)c1.CC(C)(C)OC(=O)NCc1cccc(OCc2cnc(N3CCN(C(=O)OC(C)(C)C)CC3)c(Cl)c2)c1. The Labute approximate surface area is 317 Å². The van der Waals surface area contributed by atoms with Crippen molar-refractivity contribution in [1.29, 1.82) is 0 Å². The molecule has 1 aromatic heterocycles. The topological polar surface area (TPSA) is 152 Å². The van der Waals surface area contributed by atoms with Crippen LogP contribution in [0.25, 0.3) is 0 Å². The lowest BCUT2D eigenvalue weighted by molar-refractivity contribution is 0.0239. The predicted octanol–water partition coefficient (Wildman–Crippen LogP) is 7.81. The second kappa shape index (κ2) is 18.7. The van der Waals surface area contributed by atoms with Crippen molar-refractivity contribution in [2.24, 2.45) is 0 Å². The first-order valence-electron chi connectivity index (χ1n) is 17.5. The summed E-state index contributed by atoms with van der Waals surface area (Å²) in [4.78, 5) is 43.8. The lowest BCUT2D eigenvalue weighted by atomic mass is 10.2. The van der Waals surface area contributed by atoms with Crippen molar-refractivity contribution in [2.45, 2.75) is 98.8 Å². The molecule has 1 fully saturated rings. The maximum absolute atomic E-state index is 12.3. The number of ether oxygens (including phenoxy) is 4. The number of alkyl carbamates (subject to hydrolysis) is 2. The summed E-state index contributed by atoms with van der Waals surface area (Å²) in [6.45, 7) is 19.7. The molecule has 2 aromatic carbocycles. The molecule has 0 atom stereocenters. The predicted molar refractivity (Wildman–Crippen MR) is 204 cm³/mol. The van der Waals surface area contributed by atoms with Gasteiger partial charge in [0.25, 0.3) is 0 Å². The zero-order valence-electron chi connectivity index (χ0n) is 32.2. The molecular weight excluding hydrogens is 702 g/mol. The van der Waals surface area contributed by atoms with Crippen molar-refractivity contribution in [2.75, 3.05) is 31.1 Å². The van der Waals surface area contributed by atoms with Crippen LogP contribution in [0.3, 0.4) is 0 Å². The van der Waals surface area contributed by atoms with Crippen LogP contribution >= 0.6 is 11.6 Å². The molecule has 3 N–H and O–H groups in total. The van der Waals surface area contributed by atoms with Gasteiger partial charge in [-0.1, -0.05) is 35.9 Å². The number of carbonyl (C=O) groups excluding carboxylic acids is 3. The minimum absolute atomic E-state index is 0.184. The fourth-order valence-electron chi connectivity index (χ4n) is 4.76. The van der Waals surface area contributed by atoms with Crippen molar-refractivity contribution >= 4 is 35.7 Å². The first kappa shape index (κ1) is 42.5. The molecular formula is C39H54ClN5O8. The lowest BCUT2D eigenvalue weighted by Gasteiger charge is -2.36. The number of rotatable bonds is 8. The Morgan fingerprint density at radius 2 is 1.26 bits per heavy atom. The van der Waals surface area contributed by atoms with Crippen molar-refractivity contribution in [3.05, 3.63) is 82.5 Å². The average molecular weight is 756 g/mol. The highest BCUT2D eigenvalue weighted by Crippen LogP contribution is 2.26. The van der Waals surface area contributed by atoms with Gasteiger partial charge in [0.1, 0.15) is 40.7 Å². The fourth-order valence-corrected chi connectivity index (χ4v) is 5.07. The zero-order valence-corrected chi connectivity index (χ0v) is 33.0. The summed E-state index contributed by atoms with van der Waals surface area (Å²) in [6, 6.07) is 16.0. The summed E-state index contributed by atoms with van der Waals surface area (Å²) < 4.78 is 21.7. The second-order valence-electron chi connectivity index (χ2n) is 15.4. The summed E-state index contributed by atoms with van der Waals surface area (Å²) in [6.07, 6.45) is 0.514. The van der Waals surface area contributed by atoms with E-state index in [2.05, 4.69) is 20.5 Å². The molecule has 1 aliphatic heterocycles. The van der Waals surface area contributed by atoms with Gasteiger partial charge >= 0.3 is 18.3 Å². The number of phenols is 1. The number of aromatic nitrogens is 1. The van der Waals surface area contributed by atoms with Gasteiger partial charge in [-0.25, -0.2) is 19.4 Å². The fraction of sp³-hybridized carbons (Fsp3) is 0.487. The maximum atomic E-state index is 12.3. The number of hydrogen-bond acceptors (Lipinski definition) is 10. The molecule has 0 saturated carbocycles. The third-order valence-corrected chi connectivity index (χ3v) is 7.27. The zero-order chi connectivity index (χ0) is 39.4. The Morgan fingerprint density at radius 1 is 0.736 bits per heavy atom. The number of phenolic OH excluding ortho intramolecular Hbond substituents is 1. The van der Waals surface area contributed by atoms with Crippen LogP contribution in [0.4, 0.5) is 20.2 Å².